The minimum atomic E-state index is -0.104. The summed E-state index contributed by atoms with van der Waals surface area (Å²) in [4.78, 5) is 2.28. The van der Waals surface area contributed by atoms with Crippen molar-refractivity contribution >= 4 is 5.84 Å². The van der Waals surface area contributed by atoms with Crippen molar-refractivity contribution in [3.63, 3.8) is 0 Å². The molecule has 1 atom stereocenters. The van der Waals surface area contributed by atoms with Crippen LogP contribution in [0.15, 0.2) is 5.16 Å². The van der Waals surface area contributed by atoms with Gasteiger partial charge in [0.15, 0.2) is 0 Å². The van der Waals surface area contributed by atoms with Crippen LogP contribution in [0, 0.1) is 5.92 Å². The van der Waals surface area contributed by atoms with E-state index in [0.29, 0.717) is 0 Å². The monoisotopic (exact) mass is 245 g/mol. The van der Waals surface area contributed by atoms with Gasteiger partial charge in [-0.25, -0.2) is 0 Å². The van der Waals surface area contributed by atoms with Crippen LogP contribution in [0.3, 0.4) is 0 Å². The molecule has 0 radical (unpaired) electrons. The second-order valence-electron chi connectivity index (χ2n) is 5.03. The summed E-state index contributed by atoms with van der Waals surface area (Å²) in [7, 11) is 1.73. The average Bonchev–Trinajstić information content (AvgIpc) is 2.32. The first-order valence-corrected chi connectivity index (χ1v) is 6.11. The average molecular weight is 245 g/mol. The van der Waals surface area contributed by atoms with Crippen LogP contribution >= 0.6 is 0 Å². The molecule has 0 saturated carbocycles. The van der Waals surface area contributed by atoms with Crippen molar-refractivity contribution in [1.29, 1.82) is 0 Å². The predicted octanol–water partition coefficient (Wildman–Crippen LogP) is 1.51. The molecule has 3 N–H and O–H groups in total. The van der Waals surface area contributed by atoms with E-state index >= 15 is 0 Å². The second kappa shape index (κ2) is 7.50. The number of hydrogen-bond acceptors (Lipinski definition) is 4. The van der Waals surface area contributed by atoms with E-state index in [0.717, 1.165) is 26.1 Å². The van der Waals surface area contributed by atoms with Crippen LogP contribution in [-0.4, -0.2) is 48.3 Å². The highest BCUT2D eigenvalue weighted by atomic mass is 16.5. The normalized spacial score (nSPS) is 15.3. The lowest BCUT2D eigenvalue weighted by molar-refractivity contribution is 0.00736. The standard InChI is InChI=1S/C12H27N3O2/c1-6-15(8-7-12(3,4)17-5)9-10(2)11(13)14-16/h10,16H,6-9H2,1-5H3,(H2,13,14). The molecule has 0 spiro atoms. The lowest BCUT2D eigenvalue weighted by Gasteiger charge is -2.29. The van der Waals surface area contributed by atoms with Gasteiger partial charge in [0.1, 0.15) is 5.84 Å². The molecule has 102 valence electrons. The molecule has 0 saturated heterocycles. The fourth-order valence-corrected chi connectivity index (χ4v) is 1.49. The van der Waals surface area contributed by atoms with Crippen LogP contribution in [0.1, 0.15) is 34.1 Å². The van der Waals surface area contributed by atoms with Gasteiger partial charge in [0.05, 0.1) is 5.60 Å². The molecule has 1 unspecified atom stereocenters. The first-order valence-electron chi connectivity index (χ1n) is 6.11. The van der Waals surface area contributed by atoms with Gasteiger partial charge in [-0.1, -0.05) is 19.0 Å². The topological polar surface area (TPSA) is 71.1 Å². The van der Waals surface area contributed by atoms with Crippen molar-refractivity contribution in [3.05, 3.63) is 0 Å². The molecule has 0 aromatic carbocycles. The zero-order valence-corrected chi connectivity index (χ0v) is 11.7. The Balaban J connectivity index is 4.17. The molecule has 0 aromatic heterocycles. The van der Waals surface area contributed by atoms with Crippen LogP contribution in [0.4, 0.5) is 0 Å². The van der Waals surface area contributed by atoms with Crippen molar-refractivity contribution in [2.45, 2.75) is 39.7 Å². The van der Waals surface area contributed by atoms with Gasteiger partial charge in [-0.2, -0.15) is 0 Å². The van der Waals surface area contributed by atoms with Crippen LogP contribution < -0.4 is 5.73 Å². The van der Waals surface area contributed by atoms with Gasteiger partial charge < -0.3 is 20.6 Å². The molecule has 0 aromatic rings. The van der Waals surface area contributed by atoms with E-state index in [-0.39, 0.29) is 17.4 Å². The maximum Gasteiger partial charge on any atom is 0.143 e. The third-order valence-electron chi connectivity index (χ3n) is 3.18. The van der Waals surface area contributed by atoms with Gasteiger partial charge in [-0.3, -0.25) is 0 Å². The number of oxime groups is 1. The maximum absolute atomic E-state index is 8.61. The third-order valence-corrected chi connectivity index (χ3v) is 3.18. The number of methoxy groups -OCH3 is 1. The molecule has 0 amide bonds. The minimum Gasteiger partial charge on any atom is -0.409 e. The molecular formula is C12H27N3O2. The smallest absolute Gasteiger partial charge is 0.143 e. The van der Waals surface area contributed by atoms with E-state index in [4.69, 9.17) is 15.7 Å². The van der Waals surface area contributed by atoms with Gasteiger partial charge in [0.25, 0.3) is 0 Å². The van der Waals surface area contributed by atoms with E-state index in [1.807, 2.05) is 6.92 Å². The van der Waals surface area contributed by atoms with Crippen molar-refractivity contribution in [2.24, 2.45) is 16.8 Å². The summed E-state index contributed by atoms with van der Waals surface area (Å²) in [6, 6.07) is 0. The van der Waals surface area contributed by atoms with Gasteiger partial charge in [-0.15, -0.1) is 0 Å². The molecule has 0 aliphatic carbocycles. The highest BCUT2D eigenvalue weighted by molar-refractivity contribution is 5.82. The van der Waals surface area contributed by atoms with E-state index < -0.39 is 0 Å². The Hall–Kier alpha value is -0.810. The first-order chi connectivity index (χ1) is 7.86. The molecule has 5 heteroatoms. The highest BCUT2D eigenvalue weighted by Gasteiger charge is 2.19. The Labute approximate surface area is 105 Å². The van der Waals surface area contributed by atoms with Crippen LogP contribution in [0.25, 0.3) is 0 Å². The highest BCUT2D eigenvalue weighted by Crippen LogP contribution is 2.14. The van der Waals surface area contributed by atoms with E-state index in [2.05, 4.69) is 30.8 Å². The fraction of sp³-hybridized carbons (Fsp3) is 0.917. The molecular weight excluding hydrogens is 218 g/mol. The summed E-state index contributed by atoms with van der Waals surface area (Å²) in [5, 5.41) is 11.7. The molecule has 0 aliphatic rings. The number of nitrogens with zero attached hydrogens (tertiary/aromatic N) is 2. The number of amidine groups is 1. The number of hydrogen-bond donors (Lipinski definition) is 2. The quantitative estimate of drug-likeness (QED) is 0.294. The second-order valence-corrected chi connectivity index (χ2v) is 5.03. The molecule has 0 fully saturated rings. The lowest BCUT2D eigenvalue weighted by Crippen LogP contribution is -2.38. The van der Waals surface area contributed by atoms with Crippen molar-refractivity contribution < 1.29 is 9.94 Å². The van der Waals surface area contributed by atoms with Crippen LogP contribution in [0.2, 0.25) is 0 Å². The minimum absolute atomic E-state index is 0.0607. The Morgan fingerprint density at radius 1 is 1.53 bits per heavy atom. The Kier molecular flexibility index (Phi) is 7.15. The van der Waals surface area contributed by atoms with Gasteiger partial charge in [0.2, 0.25) is 0 Å². The van der Waals surface area contributed by atoms with Crippen molar-refractivity contribution in [3.8, 4) is 0 Å². The lowest BCUT2D eigenvalue weighted by atomic mass is 10.0. The van der Waals surface area contributed by atoms with Crippen molar-refractivity contribution in [1.82, 2.24) is 4.90 Å². The molecule has 0 heterocycles. The molecule has 5 nitrogen and oxygen atoms in total. The van der Waals surface area contributed by atoms with Gasteiger partial charge in [0, 0.05) is 26.1 Å². The number of ether oxygens (including phenoxy) is 1. The van der Waals surface area contributed by atoms with Gasteiger partial charge >= 0.3 is 0 Å². The Morgan fingerprint density at radius 3 is 2.53 bits per heavy atom. The summed E-state index contributed by atoms with van der Waals surface area (Å²) in [6.45, 7) is 10.9. The zero-order valence-electron chi connectivity index (χ0n) is 11.7. The fourth-order valence-electron chi connectivity index (χ4n) is 1.49. The zero-order chi connectivity index (χ0) is 13.5. The molecule has 17 heavy (non-hydrogen) atoms. The van der Waals surface area contributed by atoms with Crippen LogP contribution in [0.5, 0.6) is 0 Å². The summed E-state index contributed by atoms with van der Waals surface area (Å²) >= 11 is 0. The molecule has 0 rings (SSSR count). The Bertz CT molecular complexity index is 242. The largest absolute Gasteiger partial charge is 0.409 e. The summed E-state index contributed by atoms with van der Waals surface area (Å²) < 4.78 is 5.39. The summed E-state index contributed by atoms with van der Waals surface area (Å²) in [6.07, 6.45) is 0.959. The van der Waals surface area contributed by atoms with E-state index in [1.165, 1.54) is 0 Å². The third kappa shape index (κ3) is 6.48. The van der Waals surface area contributed by atoms with Crippen molar-refractivity contribution in [2.75, 3.05) is 26.7 Å². The molecule has 0 aliphatic heterocycles. The van der Waals surface area contributed by atoms with E-state index in [9.17, 15) is 0 Å². The number of rotatable bonds is 8. The Morgan fingerprint density at radius 2 is 2.12 bits per heavy atom. The predicted molar refractivity (Wildman–Crippen MR) is 70.4 cm³/mol. The first kappa shape index (κ1) is 16.2. The SMILES string of the molecule is CCN(CCC(C)(C)OC)CC(C)C(N)=NO. The summed E-state index contributed by atoms with van der Waals surface area (Å²) in [5.74, 6) is 0.347. The van der Waals surface area contributed by atoms with E-state index in [1.54, 1.807) is 7.11 Å². The summed E-state index contributed by atoms with van der Waals surface area (Å²) in [5.41, 5.74) is 5.47. The van der Waals surface area contributed by atoms with Gasteiger partial charge in [-0.05, 0) is 26.8 Å². The van der Waals surface area contributed by atoms with Crippen LogP contribution in [-0.2, 0) is 4.74 Å². The maximum atomic E-state index is 8.61. The number of nitrogens with two attached hydrogens (primary N) is 1. The molecule has 0 bridgehead atoms.